The van der Waals surface area contributed by atoms with Crippen LogP contribution in [0.1, 0.15) is 22.8 Å². The fourth-order valence-corrected chi connectivity index (χ4v) is 4.28. The number of anilines is 1. The van der Waals surface area contributed by atoms with Gasteiger partial charge in [-0.25, -0.2) is 0 Å². The highest BCUT2D eigenvalue weighted by molar-refractivity contribution is 7.07. The van der Waals surface area contributed by atoms with Crippen LogP contribution in [-0.2, 0) is 4.79 Å². The Morgan fingerprint density at radius 3 is 2.44 bits per heavy atom. The lowest BCUT2D eigenvalue weighted by Crippen LogP contribution is -2.22. The lowest BCUT2D eigenvalue weighted by Gasteiger charge is -2.24. The van der Waals surface area contributed by atoms with E-state index in [0.717, 1.165) is 27.4 Å². The summed E-state index contributed by atoms with van der Waals surface area (Å²) in [5.74, 6) is 0.302. The Hall–Kier alpha value is -3.06. The first-order valence-corrected chi connectivity index (χ1v) is 9.19. The number of ether oxygens (including phenoxy) is 2. The van der Waals surface area contributed by atoms with E-state index in [0.29, 0.717) is 17.9 Å². The summed E-state index contributed by atoms with van der Waals surface area (Å²) in [6.07, 6.45) is 0.292. The van der Waals surface area contributed by atoms with Crippen LogP contribution in [0.5, 0.6) is 17.2 Å². The molecule has 0 bridgehead atoms. The molecular weight excluding hydrogens is 364 g/mol. The van der Waals surface area contributed by atoms with Gasteiger partial charge in [0.1, 0.15) is 5.69 Å². The molecule has 4 rings (SSSR count). The number of fused-ring (bicyclic) bond motifs is 1. The van der Waals surface area contributed by atoms with Gasteiger partial charge < -0.3 is 19.9 Å². The zero-order valence-electron chi connectivity index (χ0n) is 14.9. The molecule has 1 aliphatic heterocycles. The molecule has 0 fully saturated rings. The van der Waals surface area contributed by atoms with Gasteiger partial charge in [-0.15, -0.1) is 0 Å². The molecule has 2 aromatic carbocycles. The van der Waals surface area contributed by atoms with Gasteiger partial charge in [0.25, 0.3) is 0 Å². The molecule has 0 saturated carbocycles. The van der Waals surface area contributed by atoms with Crippen LogP contribution in [0.25, 0.3) is 11.3 Å². The number of nitrogens with zero attached hydrogens (tertiary/aromatic N) is 1. The highest BCUT2D eigenvalue weighted by Gasteiger charge is 2.32. The number of hydrogen-bond acceptors (Lipinski definition) is 6. The molecule has 0 saturated heterocycles. The normalized spacial score (nSPS) is 15.8. The molecule has 7 heteroatoms. The van der Waals surface area contributed by atoms with Crippen molar-refractivity contribution in [3.8, 4) is 28.5 Å². The van der Waals surface area contributed by atoms with E-state index in [1.165, 1.54) is 25.8 Å². The summed E-state index contributed by atoms with van der Waals surface area (Å²) in [5.41, 5.74) is 3.31. The molecule has 1 amide bonds. The Bertz CT molecular complexity index is 975. The van der Waals surface area contributed by atoms with Gasteiger partial charge in [0, 0.05) is 17.9 Å². The van der Waals surface area contributed by atoms with Crippen molar-refractivity contribution < 1.29 is 19.4 Å². The maximum absolute atomic E-state index is 12.4. The van der Waals surface area contributed by atoms with Crippen LogP contribution in [0.4, 0.5) is 5.69 Å². The van der Waals surface area contributed by atoms with E-state index in [2.05, 4.69) is 9.69 Å². The van der Waals surface area contributed by atoms with E-state index in [9.17, 15) is 9.90 Å². The predicted molar refractivity (Wildman–Crippen MR) is 104 cm³/mol. The first-order chi connectivity index (χ1) is 13.1. The first kappa shape index (κ1) is 17.4. The van der Waals surface area contributed by atoms with Crippen LogP contribution in [-0.4, -0.2) is 29.6 Å². The lowest BCUT2D eigenvalue weighted by atomic mass is 9.89. The van der Waals surface area contributed by atoms with E-state index in [1.807, 2.05) is 30.3 Å². The van der Waals surface area contributed by atoms with Crippen molar-refractivity contribution in [2.75, 3.05) is 19.5 Å². The molecule has 1 aromatic heterocycles. The Kier molecular flexibility index (Phi) is 4.45. The molecule has 0 spiro atoms. The van der Waals surface area contributed by atoms with Crippen LogP contribution in [0.3, 0.4) is 0 Å². The molecule has 0 aliphatic carbocycles. The third-order valence-electron chi connectivity index (χ3n) is 4.64. The van der Waals surface area contributed by atoms with Crippen molar-refractivity contribution in [1.29, 1.82) is 0 Å². The number of carbonyl (C=O) groups is 1. The highest BCUT2D eigenvalue weighted by Crippen LogP contribution is 2.47. The topological polar surface area (TPSA) is 80.7 Å². The third kappa shape index (κ3) is 3.00. The van der Waals surface area contributed by atoms with Gasteiger partial charge in [-0.3, -0.25) is 4.79 Å². The average Bonchev–Trinajstić information content (AvgIpc) is 3.12. The monoisotopic (exact) mass is 382 g/mol. The molecule has 3 aromatic rings. The first-order valence-electron chi connectivity index (χ1n) is 8.42. The van der Waals surface area contributed by atoms with Crippen molar-refractivity contribution in [1.82, 2.24) is 4.37 Å². The molecule has 1 atom stereocenters. The third-order valence-corrected chi connectivity index (χ3v) is 5.60. The van der Waals surface area contributed by atoms with Gasteiger partial charge in [-0.2, -0.15) is 4.37 Å². The summed E-state index contributed by atoms with van der Waals surface area (Å²) in [6, 6.07) is 13.3. The lowest BCUT2D eigenvalue weighted by molar-refractivity contribution is -0.116. The summed E-state index contributed by atoms with van der Waals surface area (Å²) in [6.45, 7) is 0. The Balaban J connectivity index is 1.84. The number of phenols is 1. The Morgan fingerprint density at radius 1 is 1.15 bits per heavy atom. The molecule has 6 nitrogen and oxygen atoms in total. The zero-order chi connectivity index (χ0) is 19.0. The van der Waals surface area contributed by atoms with E-state index < -0.39 is 0 Å². The van der Waals surface area contributed by atoms with Crippen LogP contribution in [0, 0.1) is 0 Å². The van der Waals surface area contributed by atoms with E-state index in [1.54, 1.807) is 12.1 Å². The summed E-state index contributed by atoms with van der Waals surface area (Å²) >= 11 is 1.37. The predicted octanol–water partition coefficient (Wildman–Crippen LogP) is 4.01. The van der Waals surface area contributed by atoms with E-state index in [4.69, 9.17) is 9.47 Å². The smallest absolute Gasteiger partial charge is 0.225 e. The molecular formula is C20H18N2O4S. The van der Waals surface area contributed by atoms with Gasteiger partial charge in [0.05, 0.1) is 24.8 Å². The van der Waals surface area contributed by atoms with Gasteiger partial charge in [0.15, 0.2) is 11.5 Å². The summed E-state index contributed by atoms with van der Waals surface area (Å²) in [7, 11) is 2.97. The fraction of sp³-hybridized carbons (Fsp3) is 0.200. The Morgan fingerprint density at radius 2 is 1.81 bits per heavy atom. The number of hydrogen-bond donors (Lipinski definition) is 2. The quantitative estimate of drug-likeness (QED) is 0.713. The van der Waals surface area contributed by atoms with Gasteiger partial charge >= 0.3 is 0 Å². The van der Waals surface area contributed by atoms with Crippen LogP contribution in [0.15, 0.2) is 42.5 Å². The summed E-state index contributed by atoms with van der Waals surface area (Å²) < 4.78 is 15.1. The van der Waals surface area contributed by atoms with Crippen molar-refractivity contribution in [3.63, 3.8) is 0 Å². The second-order valence-electron chi connectivity index (χ2n) is 6.22. The number of amides is 1. The summed E-state index contributed by atoms with van der Waals surface area (Å²) in [5, 5.41) is 13.1. The molecule has 0 unspecified atom stereocenters. The minimum atomic E-state index is -0.188. The van der Waals surface area contributed by atoms with Crippen molar-refractivity contribution in [2.45, 2.75) is 12.3 Å². The second kappa shape index (κ2) is 6.92. The van der Waals surface area contributed by atoms with E-state index >= 15 is 0 Å². The molecule has 27 heavy (non-hydrogen) atoms. The minimum Gasteiger partial charge on any atom is -0.502 e. The van der Waals surface area contributed by atoms with Crippen LogP contribution >= 0.6 is 11.5 Å². The van der Waals surface area contributed by atoms with E-state index in [-0.39, 0.29) is 17.6 Å². The van der Waals surface area contributed by atoms with Gasteiger partial charge in [0.2, 0.25) is 11.7 Å². The van der Waals surface area contributed by atoms with Crippen molar-refractivity contribution in [3.05, 3.63) is 52.9 Å². The molecule has 138 valence electrons. The standard InChI is InChI=1S/C20H18N2O4S/c1-25-14-8-12(9-15(26-2)19(14)24)13-10-16(23)21-18-17(22-27-20(13)18)11-6-4-3-5-7-11/h3-9,13,24H,10H2,1-2H3,(H,21,23)/t13-/m0/s1. The van der Waals surface area contributed by atoms with Crippen molar-refractivity contribution in [2.24, 2.45) is 0 Å². The fourth-order valence-electron chi connectivity index (χ4n) is 3.31. The van der Waals surface area contributed by atoms with Crippen LogP contribution in [0.2, 0.25) is 0 Å². The molecule has 2 heterocycles. The minimum absolute atomic E-state index is 0.0569. The second-order valence-corrected chi connectivity index (χ2v) is 7.02. The largest absolute Gasteiger partial charge is 0.502 e. The number of benzene rings is 2. The summed E-state index contributed by atoms with van der Waals surface area (Å²) in [4.78, 5) is 13.4. The number of carbonyl (C=O) groups excluding carboxylic acids is 1. The van der Waals surface area contributed by atoms with Crippen molar-refractivity contribution >= 4 is 23.1 Å². The SMILES string of the molecule is COc1cc([C@@H]2CC(=O)Nc3c(-c4ccccc4)nsc32)cc(OC)c1O. The number of aromatic nitrogens is 1. The number of methoxy groups -OCH3 is 2. The van der Waals surface area contributed by atoms with Crippen LogP contribution < -0.4 is 14.8 Å². The highest BCUT2D eigenvalue weighted by atomic mass is 32.1. The molecule has 0 radical (unpaired) electrons. The Labute approximate surface area is 160 Å². The number of phenolic OH excluding ortho intramolecular Hbond substituents is 1. The van der Waals surface area contributed by atoms with Gasteiger partial charge in [-0.1, -0.05) is 30.3 Å². The zero-order valence-corrected chi connectivity index (χ0v) is 15.7. The maximum atomic E-state index is 12.4. The maximum Gasteiger partial charge on any atom is 0.225 e. The average molecular weight is 382 g/mol. The number of aromatic hydroxyl groups is 1. The van der Waals surface area contributed by atoms with Gasteiger partial charge in [-0.05, 0) is 29.2 Å². The molecule has 1 aliphatic rings. The number of nitrogens with one attached hydrogen (secondary N) is 1. The molecule has 2 N–H and O–H groups in total. The number of rotatable bonds is 4.